The number of hydrogen-bond acceptors (Lipinski definition) is 1. The van der Waals surface area contributed by atoms with E-state index in [2.05, 4.69) is 167 Å². The summed E-state index contributed by atoms with van der Waals surface area (Å²) in [7, 11) is 2.49. The van der Waals surface area contributed by atoms with Gasteiger partial charge in [0.1, 0.15) is 28.4 Å². The van der Waals surface area contributed by atoms with Gasteiger partial charge in [-0.05, 0) is 48.9 Å². The highest BCUT2D eigenvalue weighted by Gasteiger charge is 2.43. The van der Waals surface area contributed by atoms with E-state index in [1.54, 1.807) is 0 Å². The first kappa shape index (κ1) is 25.4. The quantitative estimate of drug-likeness (QED) is 0.190. The molecule has 0 aliphatic heterocycles. The van der Waals surface area contributed by atoms with Crippen LogP contribution in [-0.2, 0) is 0 Å². The fraction of sp³-hybridized carbons (Fsp3) is 0. The molecule has 1 atom stereocenters. The minimum absolute atomic E-state index is 0.798. The summed E-state index contributed by atoms with van der Waals surface area (Å²) in [5.41, 5.74) is 1.97. The molecule has 1 heterocycles. The zero-order chi connectivity index (χ0) is 26.9. The van der Waals surface area contributed by atoms with Gasteiger partial charge in [-0.2, -0.15) is 0 Å². The molecule has 4 heteroatoms. The summed E-state index contributed by atoms with van der Waals surface area (Å²) in [5, 5.41) is 10.1. The van der Waals surface area contributed by atoms with Gasteiger partial charge in [0.2, 0.25) is 0 Å². The molecule has 192 valence electrons. The number of hydrogen-bond donors (Lipinski definition) is 0. The first-order valence-corrected chi connectivity index (χ1v) is 18.1. The Morgan fingerprint density at radius 1 is 0.450 bits per heavy atom. The molecular formula is C36H28OP3+. The first-order chi connectivity index (χ1) is 19.7. The number of benzene rings is 6. The van der Waals surface area contributed by atoms with E-state index < -0.39 is 14.9 Å². The molecule has 1 nitrogen and oxygen atoms in total. The smallest absolute Gasteiger partial charge is 0.178 e. The van der Waals surface area contributed by atoms with Gasteiger partial charge in [0.15, 0.2) is 5.58 Å². The summed E-state index contributed by atoms with van der Waals surface area (Å²) in [6.07, 6.45) is 0. The van der Waals surface area contributed by atoms with E-state index in [1.807, 2.05) is 0 Å². The molecule has 0 saturated heterocycles. The molecule has 0 aliphatic rings. The molecule has 0 bridgehead atoms. The third-order valence-electron chi connectivity index (χ3n) is 7.46. The van der Waals surface area contributed by atoms with Crippen LogP contribution in [-0.4, -0.2) is 0 Å². The van der Waals surface area contributed by atoms with Crippen LogP contribution in [0.2, 0.25) is 0 Å². The largest absolute Gasteiger partial charge is 0.451 e. The van der Waals surface area contributed by atoms with E-state index in [1.165, 1.54) is 42.6 Å². The molecular weight excluding hydrogens is 541 g/mol. The van der Waals surface area contributed by atoms with E-state index >= 15 is 0 Å². The fourth-order valence-corrected chi connectivity index (χ4v) is 12.6. The van der Waals surface area contributed by atoms with Crippen molar-refractivity contribution in [1.82, 2.24) is 0 Å². The zero-order valence-electron chi connectivity index (χ0n) is 21.9. The number of para-hydroxylation sites is 2. The molecule has 0 amide bonds. The summed E-state index contributed by atoms with van der Waals surface area (Å²) in [4.78, 5) is 0. The van der Waals surface area contributed by atoms with Crippen LogP contribution in [0.5, 0.6) is 0 Å². The lowest BCUT2D eigenvalue weighted by Crippen LogP contribution is -2.27. The van der Waals surface area contributed by atoms with Gasteiger partial charge in [0.25, 0.3) is 0 Å². The van der Waals surface area contributed by atoms with Crippen molar-refractivity contribution in [3.05, 3.63) is 158 Å². The average Bonchev–Trinajstić information content (AvgIpc) is 3.42. The molecule has 1 unspecified atom stereocenters. The summed E-state index contributed by atoms with van der Waals surface area (Å²) >= 11 is 0. The topological polar surface area (TPSA) is 13.1 Å². The van der Waals surface area contributed by atoms with Crippen LogP contribution in [0.25, 0.3) is 21.9 Å². The Morgan fingerprint density at radius 2 is 0.900 bits per heavy atom. The minimum atomic E-state index is -2.05. The van der Waals surface area contributed by atoms with Crippen molar-refractivity contribution in [3.8, 4) is 0 Å². The van der Waals surface area contributed by atoms with Gasteiger partial charge < -0.3 is 4.42 Å². The predicted molar refractivity (Wildman–Crippen MR) is 181 cm³/mol. The van der Waals surface area contributed by atoms with Crippen molar-refractivity contribution in [2.75, 3.05) is 0 Å². The lowest BCUT2D eigenvalue weighted by atomic mass is 10.1. The molecule has 0 saturated carbocycles. The molecule has 7 rings (SSSR count). The number of fused-ring (bicyclic) bond motifs is 3. The van der Waals surface area contributed by atoms with Crippen molar-refractivity contribution < 1.29 is 4.42 Å². The van der Waals surface area contributed by atoms with Crippen LogP contribution in [0.15, 0.2) is 162 Å². The second-order valence-electron chi connectivity index (χ2n) is 9.81. The highest BCUT2D eigenvalue weighted by molar-refractivity contribution is 8.36. The zero-order valence-corrected chi connectivity index (χ0v) is 24.8. The molecule has 0 N–H and O–H groups in total. The first-order valence-electron chi connectivity index (χ1n) is 13.4. The van der Waals surface area contributed by atoms with Gasteiger partial charge in [0.05, 0.1) is 0 Å². The summed E-state index contributed by atoms with van der Waals surface area (Å²) in [5.74, 6) is 0. The normalized spacial score (nSPS) is 11.8. The van der Waals surface area contributed by atoms with E-state index in [4.69, 9.17) is 4.42 Å². The lowest BCUT2D eigenvalue weighted by molar-refractivity contribution is 0.674. The Bertz CT molecular complexity index is 1820. The second kappa shape index (κ2) is 10.8. The Kier molecular flexibility index (Phi) is 6.83. The highest BCUT2D eigenvalue weighted by Crippen LogP contribution is 2.64. The van der Waals surface area contributed by atoms with Crippen molar-refractivity contribution >= 4 is 77.6 Å². The Labute approximate surface area is 239 Å². The maximum absolute atomic E-state index is 7.06. The van der Waals surface area contributed by atoms with Crippen LogP contribution in [0.4, 0.5) is 0 Å². The van der Waals surface area contributed by atoms with Crippen LogP contribution < -0.4 is 31.8 Å². The standard InChI is InChI=1S/C36H28OP3/c38-40(29-19-9-3-10-20-29,30-21-11-4-12-22-30)34-26-14-24-32-31-23-13-25-33(35(31)37-36(32)34)39(27-15-5-1-6-16-27)28-17-7-2-8-18-28/h1-26H,38H2/q+1. The van der Waals surface area contributed by atoms with Gasteiger partial charge in [-0.1, -0.05) is 127 Å². The molecule has 1 aromatic heterocycles. The SMILES string of the molecule is P[P+](c1ccccc1)(c1ccccc1)c1cccc2c1oc1c(P(c3ccccc3)c3ccccc3)cccc12. The number of rotatable bonds is 6. The van der Waals surface area contributed by atoms with Gasteiger partial charge in [-0.15, -0.1) is 0 Å². The van der Waals surface area contributed by atoms with Crippen LogP contribution in [0, 0.1) is 0 Å². The summed E-state index contributed by atoms with van der Waals surface area (Å²) in [6, 6.07) is 56.8. The van der Waals surface area contributed by atoms with Crippen molar-refractivity contribution in [1.29, 1.82) is 0 Å². The Morgan fingerprint density at radius 3 is 1.43 bits per heavy atom. The van der Waals surface area contributed by atoms with E-state index in [9.17, 15) is 0 Å². The molecule has 0 radical (unpaired) electrons. The van der Waals surface area contributed by atoms with Crippen LogP contribution in [0.1, 0.15) is 0 Å². The van der Waals surface area contributed by atoms with Gasteiger partial charge in [-0.25, -0.2) is 0 Å². The monoisotopic (exact) mass is 569 g/mol. The van der Waals surface area contributed by atoms with Gasteiger partial charge in [-0.3, -0.25) is 0 Å². The molecule has 0 spiro atoms. The van der Waals surface area contributed by atoms with Crippen molar-refractivity contribution in [2.45, 2.75) is 0 Å². The third-order valence-corrected chi connectivity index (χ3v) is 15.9. The highest BCUT2D eigenvalue weighted by atomic mass is 32.1. The molecule has 0 aliphatic carbocycles. The lowest BCUT2D eigenvalue weighted by Gasteiger charge is -2.22. The maximum Gasteiger partial charge on any atom is 0.178 e. The van der Waals surface area contributed by atoms with Crippen LogP contribution in [0.3, 0.4) is 0 Å². The average molecular weight is 570 g/mol. The predicted octanol–water partition coefficient (Wildman–Crippen LogP) is 7.43. The number of furan rings is 1. The fourth-order valence-electron chi connectivity index (χ4n) is 5.58. The Balaban J connectivity index is 1.52. The van der Waals surface area contributed by atoms with Gasteiger partial charge >= 0.3 is 0 Å². The summed E-state index contributed by atoms with van der Waals surface area (Å²) in [6.45, 7) is -2.05. The maximum atomic E-state index is 7.06. The molecule has 40 heavy (non-hydrogen) atoms. The molecule has 0 fully saturated rings. The second-order valence-corrected chi connectivity index (χ2v) is 17.3. The Hall–Kier alpha value is -3.59. The van der Waals surface area contributed by atoms with Crippen molar-refractivity contribution in [2.24, 2.45) is 0 Å². The third kappa shape index (κ3) is 4.31. The van der Waals surface area contributed by atoms with Crippen molar-refractivity contribution in [3.63, 3.8) is 0 Å². The van der Waals surface area contributed by atoms with Gasteiger partial charge in [0, 0.05) is 25.0 Å². The van der Waals surface area contributed by atoms with E-state index in [0.717, 1.165) is 11.2 Å². The van der Waals surface area contributed by atoms with E-state index in [-0.39, 0.29) is 0 Å². The minimum Gasteiger partial charge on any atom is -0.451 e. The molecule has 6 aromatic carbocycles. The summed E-state index contributed by atoms with van der Waals surface area (Å²) < 4.78 is 7.06. The van der Waals surface area contributed by atoms with E-state index in [0.29, 0.717) is 0 Å². The van der Waals surface area contributed by atoms with Crippen LogP contribution >= 0.6 is 23.8 Å². The molecule has 7 aromatic rings.